The number of rotatable bonds is 4. The van der Waals surface area contributed by atoms with E-state index in [2.05, 4.69) is 152 Å². The van der Waals surface area contributed by atoms with Crippen LogP contribution in [0.1, 0.15) is 51.7 Å². The molecule has 0 spiro atoms. The highest BCUT2D eigenvalue weighted by molar-refractivity contribution is 6.25. The molecule has 0 saturated heterocycles. The zero-order valence-corrected chi connectivity index (χ0v) is 32.1. The van der Waals surface area contributed by atoms with Crippen LogP contribution in [0.15, 0.2) is 152 Å². The van der Waals surface area contributed by atoms with E-state index < -0.39 is 0 Å². The van der Waals surface area contributed by atoms with Gasteiger partial charge in [-0.3, -0.25) is 4.57 Å². The third kappa shape index (κ3) is 4.83. The summed E-state index contributed by atoms with van der Waals surface area (Å²) in [5, 5.41) is 7.26. The average molecular weight is 724 g/mol. The third-order valence-electron chi connectivity index (χ3n) is 12.4. The first-order valence-corrected chi connectivity index (χ1v) is 19.7. The number of hydrogen-bond acceptors (Lipinski definition) is 3. The van der Waals surface area contributed by atoms with E-state index in [0.717, 1.165) is 39.4 Å². The standard InChI is InChI=1S/C51H41N5/c1-50(2)28-29-51(3,4)46-39(50)23-15-25-42(46)55-41-27-26-32-16-11-12-21-35(32)45(41)38-31-43-37(30-44(38)55)36-22-13-14-24-40(36)56(43)49-53-47(33-17-7-5-8-18-33)52-48(54-49)34-19-9-6-10-20-34/h5-27,30-31H,28-29H2,1-4H3. The van der Waals surface area contributed by atoms with Gasteiger partial charge in [0.05, 0.1) is 27.8 Å². The Hall–Kier alpha value is -6.59. The summed E-state index contributed by atoms with van der Waals surface area (Å²) in [7, 11) is 0. The summed E-state index contributed by atoms with van der Waals surface area (Å²) < 4.78 is 4.81. The van der Waals surface area contributed by atoms with E-state index in [4.69, 9.17) is 15.0 Å². The van der Waals surface area contributed by atoms with Crippen molar-refractivity contribution in [1.29, 1.82) is 0 Å². The minimum absolute atomic E-state index is 0.0208. The number of nitrogens with zero attached hydrogens (tertiary/aromatic N) is 5. The van der Waals surface area contributed by atoms with Gasteiger partial charge in [-0.15, -0.1) is 0 Å². The van der Waals surface area contributed by atoms with Crippen LogP contribution in [0.4, 0.5) is 0 Å². The van der Waals surface area contributed by atoms with Gasteiger partial charge in [-0.2, -0.15) is 9.97 Å². The summed E-state index contributed by atoms with van der Waals surface area (Å²) in [5.41, 5.74) is 10.7. The number of benzene rings is 7. The molecule has 0 amide bonds. The van der Waals surface area contributed by atoms with Gasteiger partial charge in [0.1, 0.15) is 0 Å². The molecule has 270 valence electrons. The molecule has 3 heterocycles. The van der Waals surface area contributed by atoms with E-state index in [1.54, 1.807) is 0 Å². The lowest BCUT2D eigenvalue weighted by Gasteiger charge is -2.43. The SMILES string of the molecule is CC1(C)CCC(C)(C)c2c(-n3c4cc5c6ccccc6n(-c6nc(-c7ccccc7)nc(-c7ccccc7)n6)c5cc4c4c5ccccc5ccc43)cccc21. The van der Waals surface area contributed by atoms with Gasteiger partial charge in [0, 0.05) is 32.7 Å². The smallest absolute Gasteiger partial charge is 0.238 e. The second-order valence-corrected chi connectivity index (χ2v) is 16.7. The van der Waals surface area contributed by atoms with E-state index >= 15 is 0 Å². The van der Waals surface area contributed by atoms with Gasteiger partial charge in [0.25, 0.3) is 0 Å². The summed E-state index contributed by atoms with van der Waals surface area (Å²) in [6, 6.07) is 54.3. The van der Waals surface area contributed by atoms with Crippen LogP contribution in [0.5, 0.6) is 0 Å². The van der Waals surface area contributed by atoms with E-state index in [1.165, 1.54) is 55.8 Å². The molecule has 56 heavy (non-hydrogen) atoms. The second-order valence-electron chi connectivity index (χ2n) is 16.7. The van der Waals surface area contributed by atoms with Crippen molar-refractivity contribution in [1.82, 2.24) is 24.1 Å². The van der Waals surface area contributed by atoms with Crippen molar-refractivity contribution in [3.8, 4) is 34.4 Å². The molecule has 0 radical (unpaired) electrons. The molecule has 0 unspecified atom stereocenters. The molecule has 0 saturated carbocycles. The topological polar surface area (TPSA) is 48.5 Å². The van der Waals surface area contributed by atoms with Gasteiger partial charge in [-0.05, 0) is 75.9 Å². The van der Waals surface area contributed by atoms with Crippen molar-refractivity contribution in [2.45, 2.75) is 51.4 Å². The molecule has 1 aliphatic rings. The average Bonchev–Trinajstić information content (AvgIpc) is 3.74. The van der Waals surface area contributed by atoms with Crippen LogP contribution in [-0.4, -0.2) is 24.1 Å². The Bertz CT molecular complexity index is 3130. The molecular weight excluding hydrogens is 683 g/mol. The van der Waals surface area contributed by atoms with Gasteiger partial charge >= 0.3 is 0 Å². The van der Waals surface area contributed by atoms with Gasteiger partial charge in [-0.25, -0.2) is 4.98 Å². The molecule has 0 N–H and O–H groups in total. The molecule has 0 aliphatic heterocycles. The molecule has 5 heteroatoms. The third-order valence-corrected chi connectivity index (χ3v) is 12.4. The lowest BCUT2D eigenvalue weighted by molar-refractivity contribution is 0.331. The lowest BCUT2D eigenvalue weighted by Crippen LogP contribution is -2.35. The van der Waals surface area contributed by atoms with E-state index in [0.29, 0.717) is 17.6 Å². The number of para-hydroxylation sites is 1. The maximum atomic E-state index is 5.23. The minimum atomic E-state index is 0.0208. The monoisotopic (exact) mass is 723 g/mol. The first-order valence-electron chi connectivity index (χ1n) is 19.7. The molecule has 1 aliphatic carbocycles. The number of fused-ring (bicyclic) bond motifs is 9. The van der Waals surface area contributed by atoms with E-state index in [1.807, 2.05) is 36.4 Å². The highest BCUT2D eigenvalue weighted by Gasteiger charge is 2.39. The summed E-state index contributed by atoms with van der Waals surface area (Å²) in [6.07, 6.45) is 2.31. The second kappa shape index (κ2) is 12.0. The van der Waals surface area contributed by atoms with Crippen LogP contribution in [0.3, 0.4) is 0 Å². The van der Waals surface area contributed by atoms with Gasteiger partial charge in [0.15, 0.2) is 11.6 Å². The van der Waals surface area contributed by atoms with Crippen molar-refractivity contribution in [3.63, 3.8) is 0 Å². The van der Waals surface area contributed by atoms with Crippen molar-refractivity contribution in [2.24, 2.45) is 0 Å². The van der Waals surface area contributed by atoms with Gasteiger partial charge in [-0.1, -0.05) is 149 Å². The van der Waals surface area contributed by atoms with Crippen LogP contribution >= 0.6 is 0 Å². The normalized spacial score (nSPS) is 14.9. The number of aromatic nitrogens is 5. The molecule has 11 rings (SSSR count). The first kappa shape index (κ1) is 32.8. The van der Waals surface area contributed by atoms with E-state index in [9.17, 15) is 0 Å². The quantitative estimate of drug-likeness (QED) is 0.182. The summed E-state index contributed by atoms with van der Waals surface area (Å²) in [4.78, 5) is 15.5. The first-order chi connectivity index (χ1) is 27.3. The predicted molar refractivity (Wildman–Crippen MR) is 232 cm³/mol. The molecule has 0 atom stereocenters. The fourth-order valence-electron chi connectivity index (χ4n) is 9.51. The molecular formula is C51H41N5. The summed E-state index contributed by atoms with van der Waals surface area (Å²) in [5.74, 6) is 1.88. The Balaban J connectivity index is 1.29. The molecule has 0 fully saturated rings. The fraction of sp³-hybridized carbons (Fsp3) is 0.157. The Morgan fingerprint density at radius 3 is 1.79 bits per heavy atom. The minimum Gasteiger partial charge on any atom is -0.309 e. The maximum Gasteiger partial charge on any atom is 0.238 e. The van der Waals surface area contributed by atoms with E-state index in [-0.39, 0.29) is 10.8 Å². The highest BCUT2D eigenvalue weighted by atomic mass is 15.2. The zero-order valence-electron chi connectivity index (χ0n) is 32.1. The summed E-state index contributed by atoms with van der Waals surface area (Å²) in [6.45, 7) is 9.69. The largest absolute Gasteiger partial charge is 0.309 e. The maximum absolute atomic E-state index is 5.23. The molecule has 5 nitrogen and oxygen atoms in total. The Morgan fingerprint density at radius 1 is 0.446 bits per heavy atom. The van der Waals surface area contributed by atoms with Crippen LogP contribution in [0.2, 0.25) is 0 Å². The van der Waals surface area contributed by atoms with Crippen molar-refractivity contribution >= 4 is 54.4 Å². The zero-order chi connectivity index (χ0) is 37.8. The van der Waals surface area contributed by atoms with Crippen LogP contribution in [0.25, 0.3) is 88.8 Å². The van der Waals surface area contributed by atoms with Crippen molar-refractivity contribution in [3.05, 3.63) is 163 Å². The van der Waals surface area contributed by atoms with Crippen LogP contribution in [-0.2, 0) is 10.8 Å². The Morgan fingerprint density at radius 2 is 1.05 bits per heavy atom. The van der Waals surface area contributed by atoms with Gasteiger partial charge in [0.2, 0.25) is 5.95 Å². The Kier molecular flexibility index (Phi) is 7.00. The molecule has 10 aromatic rings. The van der Waals surface area contributed by atoms with Gasteiger partial charge < -0.3 is 4.57 Å². The Labute approximate surface area is 325 Å². The van der Waals surface area contributed by atoms with Crippen molar-refractivity contribution in [2.75, 3.05) is 0 Å². The molecule has 0 bridgehead atoms. The predicted octanol–water partition coefficient (Wildman–Crippen LogP) is 12.9. The summed E-state index contributed by atoms with van der Waals surface area (Å²) >= 11 is 0. The highest BCUT2D eigenvalue weighted by Crippen LogP contribution is 2.50. The van der Waals surface area contributed by atoms with Crippen LogP contribution in [0, 0.1) is 0 Å². The van der Waals surface area contributed by atoms with Crippen molar-refractivity contribution < 1.29 is 0 Å². The van der Waals surface area contributed by atoms with Crippen LogP contribution < -0.4 is 0 Å². The molecule has 7 aromatic carbocycles. The molecule has 3 aromatic heterocycles. The fourth-order valence-corrected chi connectivity index (χ4v) is 9.51. The number of hydrogen-bond donors (Lipinski definition) is 0. The lowest BCUT2D eigenvalue weighted by atomic mass is 9.62.